The molecule has 0 aliphatic rings. The van der Waals surface area contributed by atoms with E-state index in [1.54, 1.807) is 0 Å². The molecule has 0 heterocycles. The molecule has 1 atom stereocenters. The second-order valence-electron chi connectivity index (χ2n) is 5.23. The summed E-state index contributed by atoms with van der Waals surface area (Å²) in [5, 5.41) is 6.21. The van der Waals surface area contributed by atoms with Gasteiger partial charge in [-0.05, 0) is 25.8 Å². The molecule has 0 aliphatic heterocycles. The number of rotatable bonds is 10. The van der Waals surface area contributed by atoms with Crippen molar-refractivity contribution in [2.24, 2.45) is 5.92 Å². The van der Waals surface area contributed by atoms with E-state index < -0.39 is 0 Å². The van der Waals surface area contributed by atoms with Crippen molar-refractivity contribution in [2.45, 2.75) is 65.8 Å². The fourth-order valence-electron chi connectivity index (χ4n) is 1.60. The molecule has 2 N–H and O–H groups in total. The molecule has 1 unspecified atom stereocenters. The Morgan fingerprint density at radius 1 is 1.06 bits per heavy atom. The molecule has 0 fully saturated rings. The van der Waals surface area contributed by atoms with Crippen LogP contribution < -0.4 is 10.6 Å². The summed E-state index contributed by atoms with van der Waals surface area (Å²) in [6, 6.07) is -0.0695. The highest BCUT2D eigenvalue weighted by molar-refractivity contribution is 5.81. The quantitative estimate of drug-likeness (QED) is 0.578. The van der Waals surface area contributed by atoms with Gasteiger partial charge in [0.05, 0.1) is 6.04 Å². The molecule has 0 bridgehead atoms. The molecule has 0 aromatic carbocycles. The van der Waals surface area contributed by atoms with Crippen LogP contribution >= 0.6 is 0 Å². The SMILES string of the molecule is CCCCCCCNC(C)C(=O)NCC(C)C. The number of hydrogen-bond donors (Lipinski definition) is 2. The highest BCUT2D eigenvalue weighted by Crippen LogP contribution is 2.01. The molecule has 1 amide bonds. The van der Waals surface area contributed by atoms with E-state index in [-0.39, 0.29) is 11.9 Å². The first-order valence-corrected chi connectivity index (χ1v) is 7.09. The highest BCUT2D eigenvalue weighted by atomic mass is 16.2. The van der Waals surface area contributed by atoms with Gasteiger partial charge in [-0.3, -0.25) is 4.79 Å². The average molecular weight is 242 g/mol. The lowest BCUT2D eigenvalue weighted by molar-refractivity contribution is -0.122. The fraction of sp³-hybridized carbons (Fsp3) is 0.929. The van der Waals surface area contributed by atoms with Crippen LogP contribution in [0.4, 0.5) is 0 Å². The maximum absolute atomic E-state index is 11.6. The normalized spacial score (nSPS) is 12.8. The Hall–Kier alpha value is -0.570. The minimum Gasteiger partial charge on any atom is -0.354 e. The van der Waals surface area contributed by atoms with E-state index in [0.29, 0.717) is 5.92 Å². The van der Waals surface area contributed by atoms with E-state index in [2.05, 4.69) is 31.4 Å². The number of carbonyl (C=O) groups is 1. The van der Waals surface area contributed by atoms with Crippen molar-refractivity contribution in [3.63, 3.8) is 0 Å². The number of amides is 1. The molecule has 0 saturated heterocycles. The smallest absolute Gasteiger partial charge is 0.236 e. The highest BCUT2D eigenvalue weighted by Gasteiger charge is 2.11. The molecule has 3 heteroatoms. The van der Waals surface area contributed by atoms with Crippen LogP contribution in [0.3, 0.4) is 0 Å². The molecule has 3 nitrogen and oxygen atoms in total. The summed E-state index contributed by atoms with van der Waals surface area (Å²) in [6.45, 7) is 10.1. The van der Waals surface area contributed by atoms with E-state index in [9.17, 15) is 4.79 Å². The van der Waals surface area contributed by atoms with Crippen molar-refractivity contribution < 1.29 is 4.79 Å². The number of hydrogen-bond acceptors (Lipinski definition) is 2. The Morgan fingerprint density at radius 3 is 2.29 bits per heavy atom. The Kier molecular flexibility index (Phi) is 10.2. The van der Waals surface area contributed by atoms with Crippen molar-refractivity contribution in [3.05, 3.63) is 0 Å². The molecular formula is C14H30N2O. The molecule has 0 radical (unpaired) electrons. The Labute approximate surface area is 107 Å². The van der Waals surface area contributed by atoms with Crippen LogP contribution in [0, 0.1) is 5.92 Å². The lowest BCUT2D eigenvalue weighted by atomic mass is 10.1. The van der Waals surface area contributed by atoms with Gasteiger partial charge in [-0.1, -0.05) is 46.5 Å². The van der Waals surface area contributed by atoms with E-state index >= 15 is 0 Å². The Balaban J connectivity index is 3.44. The molecule has 102 valence electrons. The van der Waals surface area contributed by atoms with E-state index in [0.717, 1.165) is 13.1 Å². The van der Waals surface area contributed by atoms with E-state index in [1.807, 2.05) is 6.92 Å². The zero-order chi connectivity index (χ0) is 13.1. The van der Waals surface area contributed by atoms with Crippen molar-refractivity contribution >= 4 is 5.91 Å². The van der Waals surface area contributed by atoms with Crippen molar-refractivity contribution in [1.29, 1.82) is 0 Å². The lowest BCUT2D eigenvalue weighted by Gasteiger charge is -2.15. The standard InChI is InChI=1S/C14H30N2O/c1-5-6-7-8-9-10-15-13(4)14(17)16-11-12(2)3/h12-13,15H,5-11H2,1-4H3,(H,16,17). The minimum absolute atomic E-state index is 0.0695. The number of unbranched alkanes of at least 4 members (excludes halogenated alkanes) is 4. The first-order chi connectivity index (χ1) is 8.07. The molecule has 0 aromatic rings. The summed E-state index contributed by atoms with van der Waals surface area (Å²) in [4.78, 5) is 11.6. The number of carbonyl (C=O) groups excluding carboxylic acids is 1. The molecule has 0 aliphatic carbocycles. The van der Waals surface area contributed by atoms with Gasteiger partial charge < -0.3 is 10.6 Å². The predicted molar refractivity (Wildman–Crippen MR) is 74.1 cm³/mol. The largest absolute Gasteiger partial charge is 0.354 e. The summed E-state index contributed by atoms with van der Waals surface area (Å²) in [5.74, 6) is 0.632. The molecule has 0 rings (SSSR count). The summed E-state index contributed by atoms with van der Waals surface area (Å²) in [7, 11) is 0. The van der Waals surface area contributed by atoms with Gasteiger partial charge in [-0.25, -0.2) is 0 Å². The lowest BCUT2D eigenvalue weighted by Crippen LogP contribution is -2.43. The monoisotopic (exact) mass is 242 g/mol. The van der Waals surface area contributed by atoms with Gasteiger partial charge in [-0.15, -0.1) is 0 Å². The maximum Gasteiger partial charge on any atom is 0.236 e. The van der Waals surface area contributed by atoms with Crippen LogP contribution in [0.2, 0.25) is 0 Å². The first-order valence-electron chi connectivity index (χ1n) is 7.09. The maximum atomic E-state index is 11.6. The van der Waals surface area contributed by atoms with Crippen LogP contribution in [0.15, 0.2) is 0 Å². The van der Waals surface area contributed by atoms with E-state index in [1.165, 1.54) is 32.1 Å². The summed E-state index contributed by atoms with van der Waals surface area (Å²) >= 11 is 0. The van der Waals surface area contributed by atoms with Crippen molar-refractivity contribution in [3.8, 4) is 0 Å². The third-order valence-corrected chi connectivity index (χ3v) is 2.81. The zero-order valence-electron chi connectivity index (χ0n) is 12.0. The minimum atomic E-state index is -0.0695. The molecule has 0 aromatic heterocycles. The fourth-order valence-corrected chi connectivity index (χ4v) is 1.60. The summed E-state index contributed by atoms with van der Waals surface area (Å²) < 4.78 is 0. The van der Waals surface area contributed by atoms with Crippen molar-refractivity contribution in [1.82, 2.24) is 10.6 Å². The third kappa shape index (κ3) is 10.3. The van der Waals surface area contributed by atoms with Crippen LogP contribution in [0.1, 0.15) is 59.8 Å². The molecule has 17 heavy (non-hydrogen) atoms. The van der Waals surface area contributed by atoms with Gasteiger partial charge in [0.15, 0.2) is 0 Å². The van der Waals surface area contributed by atoms with Crippen LogP contribution in [0.5, 0.6) is 0 Å². The van der Waals surface area contributed by atoms with E-state index in [4.69, 9.17) is 0 Å². The molecule has 0 saturated carbocycles. The molecule has 0 spiro atoms. The Morgan fingerprint density at radius 2 is 1.71 bits per heavy atom. The Bertz CT molecular complexity index is 193. The predicted octanol–water partition coefficient (Wildman–Crippen LogP) is 2.71. The van der Waals surface area contributed by atoms with Crippen molar-refractivity contribution in [2.75, 3.05) is 13.1 Å². The van der Waals surface area contributed by atoms with Crippen LogP contribution in [-0.2, 0) is 4.79 Å². The zero-order valence-corrected chi connectivity index (χ0v) is 12.0. The molecular weight excluding hydrogens is 212 g/mol. The number of nitrogens with one attached hydrogen (secondary N) is 2. The van der Waals surface area contributed by atoms with Crippen LogP contribution in [-0.4, -0.2) is 25.0 Å². The van der Waals surface area contributed by atoms with Gasteiger partial charge >= 0.3 is 0 Å². The van der Waals surface area contributed by atoms with Gasteiger partial charge in [0.2, 0.25) is 5.91 Å². The van der Waals surface area contributed by atoms with Gasteiger partial charge in [-0.2, -0.15) is 0 Å². The summed E-state index contributed by atoms with van der Waals surface area (Å²) in [6.07, 6.45) is 6.35. The van der Waals surface area contributed by atoms with Gasteiger partial charge in [0, 0.05) is 6.54 Å². The van der Waals surface area contributed by atoms with Gasteiger partial charge in [0.25, 0.3) is 0 Å². The van der Waals surface area contributed by atoms with Gasteiger partial charge in [0.1, 0.15) is 0 Å². The average Bonchev–Trinajstić information content (AvgIpc) is 2.30. The first kappa shape index (κ1) is 16.4. The summed E-state index contributed by atoms with van der Waals surface area (Å²) in [5.41, 5.74) is 0. The topological polar surface area (TPSA) is 41.1 Å². The van der Waals surface area contributed by atoms with Crippen LogP contribution in [0.25, 0.3) is 0 Å². The third-order valence-electron chi connectivity index (χ3n) is 2.81. The second kappa shape index (κ2) is 10.6. The second-order valence-corrected chi connectivity index (χ2v) is 5.23.